The molecule has 2 N–H and O–H groups in total. The maximum absolute atomic E-state index is 5.65. The molecule has 0 aromatic heterocycles. The van der Waals surface area contributed by atoms with Crippen LogP contribution in [0.2, 0.25) is 0 Å². The minimum atomic E-state index is 0.799. The number of hydrogen-bond acceptors (Lipinski definition) is 2. The maximum atomic E-state index is 5.65. The first kappa shape index (κ1) is 15.0. The van der Waals surface area contributed by atoms with E-state index in [0.29, 0.717) is 0 Å². The van der Waals surface area contributed by atoms with Gasteiger partial charge in [-0.2, -0.15) is 0 Å². The highest BCUT2D eigenvalue weighted by Crippen LogP contribution is 2.23. The molecule has 1 saturated heterocycles. The fourth-order valence-corrected chi connectivity index (χ4v) is 3.27. The third-order valence-electron chi connectivity index (χ3n) is 4.56. The largest absolute Gasteiger partial charge is 0.330 e. The van der Waals surface area contributed by atoms with Gasteiger partial charge in [0.05, 0.1) is 0 Å². The highest BCUT2D eigenvalue weighted by Gasteiger charge is 2.23. The Morgan fingerprint density at radius 2 is 1.82 bits per heavy atom. The van der Waals surface area contributed by atoms with Gasteiger partial charge in [-0.1, -0.05) is 19.8 Å². The first-order valence-electron chi connectivity index (χ1n) is 7.64. The lowest BCUT2D eigenvalue weighted by Crippen LogP contribution is -2.44. The normalized spacial score (nSPS) is 28.2. The number of nitrogens with two attached hydrogens (primary N) is 1. The molecule has 0 saturated carbocycles. The number of likely N-dealkylation sites (tertiary alicyclic amines) is 1. The fourth-order valence-electron chi connectivity index (χ4n) is 3.27. The van der Waals surface area contributed by atoms with E-state index in [1.165, 1.54) is 51.5 Å². The van der Waals surface area contributed by atoms with Gasteiger partial charge in [0.15, 0.2) is 0 Å². The molecule has 17 heavy (non-hydrogen) atoms. The Balaban J connectivity index is 2.24. The lowest BCUT2D eigenvalue weighted by atomic mass is 9.94. The van der Waals surface area contributed by atoms with Gasteiger partial charge >= 0.3 is 0 Å². The van der Waals surface area contributed by atoms with Crippen LogP contribution in [0.15, 0.2) is 0 Å². The van der Waals surface area contributed by atoms with E-state index < -0.39 is 0 Å². The van der Waals surface area contributed by atoms with Crippen LogP contribution in [0.25, 0.3) is 0 Å². The summed E-state index contributed by atoms with van der Waals surface area (Å²) in [5, 5.41) is 0. The highest BCUT2D eigenvalue weighted by molar-refractivity contribution is 4.79. The summed E-state index contributed by atoms with van der Waals surface area (Å²) in [4.78, 5) is 2.72. The number of piperidine rings is 1. The molecule has 1 aliphatic heterocycles. The zero-order valence-corrected chi connectivity index (χ0v) is 12.1. The number of rotatable bonds is 7. The van der Waals surface area contributed by atoms with Crippen molar-refractivity contribution in [2.24, 2.45) is 11.7 Å². The fraction of sp³-hybridized carbons (Fsp3) is 1.00. The van der Waals surface area contributed by atoms with Crippen LogP contribution in [0, 0.1) is 5.92 Å². The maximum Gasteiger partial charge on any atom is 0.00697 e. The predicted octanol–water partition coefficient (Wildman–Crippen LogP) is 3.40. The standard InChI is InChI=1S/C15H32N2/c1-4-15(10-11-16)9-6-12-17-13(2)7-5-8-14(17)3/h13-15H,4-12,16H2,1-3H3/t13-,14+,15?. The zero-order valence-electron chi connectivity index (χ0n) is 12.1. The number of nitrogens with zero attached hydrogens (tertiary/aromatic N) is 1. The third kappa shape index (κ3) is 4.97. The lowest BCUT2D eigenvalue weighted by molar-refractivity contribution is 0.0993. The minimum Gasteiger partial charge on any atom is -0.330 e. The van der Waals surface area contributed by atoms with Crippen molar-refractivity contribution in [3.05, 3.63) is 0 Å². The van der Waals surface area contributed by atoms with Crippen molar-refractivity contribution in [3.63, 3.8) is 0 Å². The van der Waals surface area contributed by atoms with Crippen molar-refractivity contribution in [2.45, 2.75) is 77.8 Å². The quantitative estimate of drug-likeness (QED) is 0.739. The molecule has 2 heteroatoms. The van der Waals surface area contributed by atoms with Gasteiger partial charge in [-0.05, 0) is 65.0 Å². The van der Waals surface area contributed by atoms with Gasteiger partial charge in [-0.15, -0.1) is 0 Å². The summed E-state index contributed by atoms with van der Waals surface area (Å²) in [5.41, 5.74) is 5.65. The molecule has 0 amide bonds. The summed E-state index contributed by atoms with van der Waals surface area (Å²) >= 11 is 0. The van der Waals surface area contributed by atoms with Crippen molar-refractivity contribution < 1.29 is 0 Å². The summed E-state index contributed by atoms with van der Waals surface area (Å²) in [7, 11) is 0. The third-order valence-corrected chi connectivity index (χ3v) is 4.56. The minimum absolute atomic E-state index is 0.799. The van der Waals surface area contributed by atoms with Crippen molar-refractivity contribution in [1.29, 1.82) is 0 Å². The molecule has 1 unspecified atom stereocenters. The smallest absolute Gasteiger partial charge is 0.00697 e. The van der Waals surface area contributed by atoms with Crippen LogP contribution >= 0.6 is 0 Å². The van der Waals surface area contributed by atoms with E-state index in [1.54, 1.807) is 0 Å². The molecule has 1 aliphatic rings. The van der Waals surface area contributed by atoms with Crippen LogP contribution in [0.3, 0.4) is 0 Å². The Morgan fingerprint density at radius 1 is 1.18 bits per heavy atom. The Kier molecular flexibility index (Phi) is 7.14. The Bertz CT molecular complexity index is 183. The zero-order chi connectivity index (χ0) is 12.7. The molecule has 0 spiro atoms. The summed E-state index contributed by atoms with van der Waals surface area (Å²) < 4.78 is 0. The summed E-state index contributed by atoms with van der Waals surface area (Å²) in [6, 6.07) is 1.60. The van der Waals surface area contributed by atoms with E-state index in [4.69, 9.17) is 5.73 Å². The molecule has 102 valence electrons. The van der Waals surface area contributed by atoms with Gasteiger partial charge in [0.25, 0.3) is 0 Å². The van der Waals surface area contributed by atoms with Crippen LogP contribution in [-0.4, -0.2) is 30.1 Å². The summed E-state index contributed by atoms with van der Waals surface area (Å²) in [6.07, 6.45) is 9.43. The molecular formula is C15H32N2. The molecule has 0 radical (unpaired) electrons. The van der Waals surface area contributed by atoms with Crippen molar-refractivity contribution in [2.75, 3.05) is 13.1 Å². The van der Waals surface area contributed by atoms with Crippen LogP contribution in [0.5, 0.6) is 0 Å². The molecule has 0 aliphatic carbocycles. The summed E-state index contributed by atoms with van der Waals surface area (Å²) in [5.74, 6) is 0.857. The lowest BCUT2D eigenvalue weighted by Gasteiger charge is -2.39. The van der Waals surface area contributed by atoms with Gasteiger partial charge in [-0.3, -0.25) is 4.90 Å². The molecule has 1 rings (SSSR count). The van der Waals surface area contributed by atoms with Crippen LogP contribution in [0.1, 0.15) is 65.7 Å². The molecule has 1 fully saturated rings. The van der Waals surface area contributed by atoms with Crippen LogP contribution in [-0.2, 0) is 0 Å². The van der Waals surface area contributed by atoms with E-state index in [1.807, 2.05) is 0 Å². The average Bonchev–Trinajstić information content (AvgIpc) is 2.31. The highest BCUT2D eigenvalue weighted by atomic mass is 15.2. The van der Waals surface area contributed by atoms with Crippen LogP contribution < -0.4 is 5.73 Å². The SMILES string of the molecule is CCC(CCN)CCCN1[C@H](C)CCC[C@@H]1C. The summed E-state index contributed by atoms with van der Waals surface area (Å²) in [6.45, 7) is 9.24. The molecule has 0 bridgehead atoms. The monoisotopic (exact) mass is 240 g/mol. The van der Waals surface area contributed by atoms with Crippen molar-refractivity contribution >= 4 is 0 Å². The molecule has 0 aromatic rings. The van der Waals surface area contributed by atoms with E-state index in [2.05, 4.69) is 25.7 Å². The second kappa shape index (κ2) is 8.10. The first-order valence-corrected chi connectivity index (χ1v) is 7.64. The van der Waals surface area contributed by atoms with Gasteiger partial charge in [0.2, 0.25) is 0 Å². The molecule has 1 heterocycles. The Labute approximate surface area is 108 Å². The van der Waals surface area contributed by atoms with Crippen molar-refractivity contribution in [1.82, 2.24) is 4.90 Å². The van der Waals surface area contributed by atoms with E-state index in [9.17, 15) is 0 Å². The Hall–Kier alpha value is -0.0800. The average molecular weight is 240 g/mol. The van der Waals surface area contributed by atoms with Crippen molar-refractivity contribution in [3.8, 4) is 0 Å². The topological polar surface area (TPSA) is 29.3 Å². The van der Waals surface area contributed by atoms with E-state index >= 15 is 0 Å². The van der Waals surface area contributed by atoms with Gasteiger partial charge < -0.3 is 5.73 Å². The number of hydrogen-bond donors (Lipinski definition) is 1. The van der Waals surface area contributed by atoms with Crippen LogP contribution in [0.4, 0.5) is 0 Å². The second-order valence-corrected chi connectivity index (χ2v) is 5.86. The second-order valence-electron chi connectivity index (χ2n) is 5.86. The molecule has 2 nitrogen and oxygen atoms in total. The van der Waals surface area contributed by atoms with Gasteiger partial charge in [0.1, 0.15) is 0 Å². The molecule has 0 aromatic carbocycles. The van der Waals surface area contributed by atoms with E-state index in [0.717, 1.165) is 24.5 Å². The first-order chi connectivity index (χ1) is 8.19. The van der Waals surface area contributed by atoms with Gasteiger partial charge in [-0.25, -0.2) is 0 Å². The van der Waals surface area contributed by atoms with Gasteiger partial charge in [0, 0.05) is 12.1 Å². The predicted molar refractivity (Wildman–Crippen MR) is 76.2 cm³/mol. The molecular weight excluding hydrogens is 208 g/mol. The molecule has 3 atom stereocenters. The van der Waals surface area contributed by atoms with E-state index in [-0.39, 0.29) is 0 Å². The Morgan fingerprint density at radius 3 is 2.35 bits per heavy atom.